The van der Waals surface area contributed by atoms with Crippen molar-refractivity contribution in [3.8, 4) is 28.5 Å². The molecule has 3 aromatic rings. The normalized spacial score (nSPS) is 13.1. The number of thioether (sulfide) groups is 1. The molecule has 34 heavy (non-hydrogen) atoms. The van der Waals surface area contributed by atoms with E-state index in [2.05, 4.69) is 15.6 Å². The maximum Gasteiger partial charge on any atom is 0.255 e. The average Bonchev–Trinajstić information content (AvgIpc) is 3.34. The van der Waals surface area contributed by atoms with Gasteiger partial charge in [-0.2, -0.15) is 11.8 Å². The van der Waals surface area contributed by atoms with Gasteiger partial charge in [-0.25, -0.2) is 4.98 Å². The van der Waals surface area contributed by atoms with Crippen LogP contribution >= 0.6 is 23.1 Å². The molecule has 0 saturated heterocycles. The predicted molar refractivity (Wildman–Crippen MR) is 134 cm³/mol. The second kappa shape index (κ2) is 11.3. The summed E-state index contributed by atoms with van der Waals surface area (Å²) in [6, 6.07) is 11.8. The minimum atomic E-state index is -0.716. The highest BCUT2D eigenvalue weighted by molar-refractivity contribution is 7.98. The highest BCUT2D eigenvalue weighted by atomic mass is 32.2. The molecule has 2 N–H and O–H groups in total. The average molecular weight is 500 g/mol. The number of benzene rings is 2. The van der Waals surface area contributed by atoms with Crippen LogP contribution in [0.4, 0.5) is 5.13 Å². The van der Waals surface area contributed by atoms with Crippen LogP contribution in [0.3, 0.4) is 0 Å². The lowest BCUT2D eigenvalue weighted by atomic mass is 10.1. The van der Waals surface area contributed by atoms with Gasteiger partial charge < -0.3 is 24.8 Å². The number of nitrogens with zero attached hydrogens (tertiary/aromatic N) is 1. The van der Waals surface area contributed by atoms with E-state index >= 15 is 0 Å². The first kappa shape index (κ1) is 23.9. The maximum absolute atomic E-state index is 13.0. The number of carbonyl (C=O) groups excluding carboxylic acids is 2. The predicted octanol–water partition coefficient (Wildman–Crippen LogP) is 4.08. The van der Waals surface area contributed by atoms with Crippen molar-refractivity contribution >= 4 is 40.0 Å². The topological polar surface area (TPSA) is 98.8 Å². The standard InChI is InChI=1S/C24H25N3O5S2/c1-30-19-6-4-3-5-16(19)22(28)25-17(9-12-33-2)23(29)27-24-26-18(14-34-24)15-7-8-20-21(13-15)32-11-10-31-20/h3-8,13-14,17H,9-12H2,1-2H3,(H,25,28)(H,26,27,29). The van der Waals surface area contributed by atoms with Gasteiger partial charge in [-0.1, -0.05) is 12.1 Å². The lowest BCUT2D eigenvalue weighted by Gasteiger charge is -2.18. The van der Waals surface area contributed by atoms with E-state index in [1.165, 1.54) is 18.4 Å². The Morgan fingerprint density at radius 3 is 2.76 bits per heavy atom. The number of fused-ring (bicyclic) bond motifs is 1. The van der Waals surface area contributed by atoms with Crippen molar-refractivity contribution in [2.24, 2.45) is 0 Å². The Balaban J connectivity index is 1.46. The van der Waals surface area contributed by atoms with Gasteiger partial charge in [0.05, 0.1) is 18.4 Å². The van der Waals surface area contributed by atoms with Gasteiger partial charge in [0.25, 0.3) is 5.91 Å². The summed E-state index contributed by atoms with van der Waals surface area (Å²) in [5.74, 6) is 1.87. The SMILES string of the molecule is COc1ccccc1C(=O)NC(CCSC)C(=O)Nc1nc(-c2ccc3c(c2)OCCO3)cs1. The Morgan fingerprint density at radius 2 is 1.97 bits per heavy atom. The first-order chi connectivity index (χ1) is 16.6. The largest absolute Gasteiger partial charge is 0.496 e. The summed E-state index contributed by atoms with van der Waals surface area (Å²) in [4.78, 5) is 30.4. The van der Waals surface area contributed by atoms with Gasteiger partial charge in [-0.15, -0.1) is 11.3 Å². The molecular formula is C24H25N3O5S2. The van der Waals surface area contributed by atoms with Crippen molar-refractivity contribution in [3.63, 3.8) is 0 Å². The summed E-state index contributed by atoms with van der Waals surface area (Å²) in [6.07, 6.45) is 2.44. The number of ether oxygens (including phenoxy) is 3. The highest BCUT2D eigenvalue weighted by Crippen LogP contribution is 2.35. The third kappa shape index (κ3) is 5.63. The Kier molecular flexibility index (Phi) is 7.91. The Hall–Kier alpha value is -3.24. The van der Waals surface area contributed by atoms with Crippen molar-refractivity contribution in [2.45, 2.75) is 12.5 Å². The van der Waals surface area contributed by atoms with Gasteiger partial charge in [0.2, 0.25) is 5.91 Å². The number of methoxy groups -OCH3 is 1. The number of rotatable bonds is 9. The van der Waals surface area contributed by atoms with Crippen LogP contribution in [0, 0.1) is 0 Å². The van der Waals surface area contributed by atoms with Crippen molar-refractivity contribution < 1.29 is 23.8 Å². The fourth-order valence-electron chi connectivity index (χ4n) is 3.43. The van der Waals surface area contributed by atoms with Crippen LogP contribution in [-0.4, -0.2) is 55.2 Å². The zero-order valence-electron chi connectivity index (χ0n) is 18.8. The van der Waals surface area contributed by atoms with E-state index in [0.29, 0.717) is 53.3 Å². The molecule has 0 radical (unpaired) electrons. The summed E-state index contributed by atoms with van der Waals surface area (Å²) in [7, 11) is 1.51. The zero-order valence-corrected chi connectivity index (χ0v) is 20.5. The fourth-order valence-corrected chi connectivity index (χ4v) is 4.63. The van der Waals surface area contributed by atoms with Crippen LogP contribution in [0.1, 0.15) is 16.8 Å². The van der Waals surface area contributed by atoms with Crippen LogP contribution < -0.4 is 24.8 Å². The molecule has 1 unspecified atom stereocenters. The fraction of sp³-hybridized carbons (Fsp3) is 0.292. The van der Waals surface area contributed by atoms with Gasteiger partial charge in [0.1, 0.15) is 25.0 Å². The minimum Gasteiger partial charge on any atom is -0.496 e. The van der Waals surface area contributed by atoms with Crippen molar-refractivity contribution in [3.05, 3.63) is 53.4 Å². The molecule has 2 amide bonds. The number of anilines is 1. The molecule has 8 nitrogen and oxygen atoms in total. The molecule has 0 fully saturated rings. The number of aromatic nitrogens is 1. The van der Waals surface area contributed by atoms with Gasteiger partial charge in [0.15, 0.2) is 16.6 Å². The smallest absolute Gasteiger partial charge is 0.255 e. The van der Waals surface area contributed by atoms with Crippen LogP contribution in [0.15, 0.2) is 47.8 Å². The molecule has 1 aliphatic heterocycles. The molecule has 0 bridgehead atoms. The number of thiazole rings is 1. The molecule has 2 aromatic carbocycles. The monoisotopic (exact) mass is 499 g/mol. The second-order valence-corrected chi connectivity index (χ2v) is 9.24. The van der Waals surface area contributed by atoms with Gasteiger partial charge >= 0.3 is 0 Å². The van der Waals surface area contributed by atoms with Crippen molar-refractivity contribution in [1.82, 2.24) is 10.3 Å². The molecule has 1 atom stereocenters. The summed E-state index contributed by atoms with van der Waals surface area (Å²) in [6.45, 7) is 1.04. The number of nitrogens with one attached hydrogen (secondary N) is 2. The van der Waals surface area contributed by atoms with Crippen LogP contribution in [-0.2, 0) is 4.79 Å². The number of hydrogen-bond acceptors (Lipinski definition) is 8. The summed E-state index contributed by atoms with van der Waals surface area (Å²) < 4.78 is 16.5. The lowest BCUT2D eigenvalue weighted by Crippen LogP contribution is -2.44. The van der Waals surface area contributed by atoms with E-state index in [1.807, 2.05) is 29.8 Å². The number of para-hydroxylation sites is 1. The molecule has 178 valence electrons. The number of carbonyl (C=O) groups is 2. The van der Waals surface area contributed by atoms with Crippen molar-refractivity contribution in [2.75, 3.05) is 37.6 Å². The molecular weight excluding hydrogens is 474 g/mol. The lowest BCUT2D eigenvalue weighted by molar-refractivity contribution is -0.118. The third-order valence-corrected chi connectivity index (χ3v) is 6.56. The third-order valence-electron chi connectivity index (χ3n) is 5.16. The molecule has 0 spiro atoms. The Bertz CT molecular complexity index is 1170. The highest BCUT2D eigenvalue weighted by Gasteiger charge is 2.24. The van der Waals surface area contributed by atoms with E-state index in [1.54, 1.807) is 36.0 Å². The number of amides is 2. The Morgan fingerprint density at radius 1 is 1.18 bits per heavy atom. The molecule has 1 aliphatic rings. The molecule has 10 heteroatoms. The zero-order chi connectivity index (χ0) is 23.9. The minimum absolute atomic E-state index is 0.319. The van der Waals surface area contributed by atoms with E-state index < -0.39 is 6.04 Å². The maximum atomic E-state index is 13.0. The molecule has 2 heterocycles. The van der Waals surface area contributed by atoms with Crippen LogP contribution in [0.5, 0.6) is 17.2 Å². The summed E-state index contributed by atoms with van der Waals surface area (Å²) in [5, 5.41) is 8.00. The molecule has 0 aliphatic carbocycles. The van der Waals surface area contributed by atoms with E-state index in [4.69, 9.17) is 14.2 Å². The second-order valence-electron chi connectivity index (χ2n) is 7.39. The quantitative estimate of drug-likeness (QED) is 0.458. The van der Waals surface area contributed by atoms with Crippen molar-refractivity contribution in [1.29, 1.82) is 0 Å². The van der Waals surface area contributed by atoms with Gasteiger partial charge in [0, 0.05) is 10.9 Å². The first-order valence-corrected chi connectivity index (χ1v) is 13.0. The summed E-state index contributed by atoms with van der Waals surface area (Å²) >= 11 is 2.93. The molecule has 0 saturated carbocycles. The molecule has 1 aromatic heterocycles. The summed E-state index contributed by atoms with van der Waals surface area (Å²) in [5.41, 5.74) is 1.96. The van der Waals surface area contributed by atoms with E-state index in [0.717, 1.165) is 11.3 Å². The molecule has 4 rings (SSSR count). The van der Waals surface area contributed by atoms with Gasteiger partial charge in [-0.3, -0.25) is 9.59 Å². The van der Waals surface area contributed by atoms with E-state index in [-0.39, 0.29) is 11.8 Å². The Labute approximate surface area is 206 Å². The number of hydrogen-bond donors (Lipinski definition) is 2. The van der Waals surface area contributed by atoms with Crippen LogP contribution in [0.25, 0.3) is 11.3 Å². The van der Waals surface area contributed by atoms with Gasteiger partial charge in [-0.05, 0) is 48.8 Å². The van der Waals surface area contributed by atoms with Crippen LogP contribution in [0.2, 0.25) is 0 Å². The van der Waals surface area contributed by atoms with E-state index in [9.17, 15) is 9.59 Å². The first-order valence-electron chi connectivity index (χ1n) is 10.7.